The van der Waals surface area contributed by atoms with Gasteiger partial charge >= 0.3 is 0 Å². The summed E-state index contributed by atoms with van der Waals surface area (Å²) in [4.78, 5) is 14.1. The Morgan fingerprint density at radius 3 is 2.61 bits per heavy atom. The average molecular weight is 274 g/mol. The van der Waals surface area contributed by atoms with E-state index in [2.05, 4.69) is 12.2 Å². The van der Waals surface area contributed by atoms with Crippen molar-refractivity contribution < 1.29 is 13.2 Å². The van der Waals surface area contributed by atoms with E-state index in [0.717, 1.165) is 19.3 Å². The maximum Gasteiger partial charge on any atom is 0.241 e. The first-order valence-corrected chi connectivity index (χ1v) is 8.59. The Kier molecular flexibility index (Phi) is 3.96. The highest BCUT2D eigenvalue weighted by Crippen LogP contribution is 2.26. The summed E-state index contributed by atoms with van der Waals surface area (Å²) >= 11 is 0. The van der Waals surface area contributed by atoms with Crippen LogP contribution < -0.4 is 5.32 Å². The molecule has 0 aromatic rings. The molecule has 0 aromatic heterocycles. The van der Waals surface area contributed by atoms with E-state index in [1.807, 2.05) is 11.8 Å². The third-order valence-electron chi connectivity index (χ3n) is 3.85. The molecule has 1 amide bonds. The quantitative estimate of drug-likeness (QED) is 0.811. The standard InChI is InChI=1S/C12H22N2O3S/c1-3-5-11-13-10(4-2)12(15)14(11)9-6-7-18(16,17)8-9/h9-11,13H,3-8H2,1-2H3. The summed E-state index contributed by atoms with van der Waals surface area (Å²) < 4.78 is 23.1. The van der Waals surface area contributed by atoms with Crippen LogP contribution in [0.5, 0.6) is 0 Å². The van der Waals surface area contributed by atoms with Gasteiger partial charge < -0.3 is 4.90 Å². The van der Waals surface area contributed by atoms with Crippen molar-refractivity contribution in [2.24, 2.45) is 0 Å². The van der Waals surface area contributed by atoms with Crippen LogP contribution in [-0.2, 0) is 14.6 Å². The van der Waals surface area contributed by atoms with E-state index < -0.39 is 9.84 Å². The lowest BCUT2D eigenvalue weighted by atomic mass is 10.1. The Morgan fingerprint density at radius 2 is 2.11 bits per heavy atom. The van der Waals surface area contributed by atoms with Crippen molar-refractivity contribution in [1.29, 1.82) is 0 Å². The van der Waals surface area contributed by atoms with E-state index in [9.17, 15) is 13.2 Å². The largest absolute Gasteiger partial charge is 0.322 e. The third kappa shape index (κ3) is 2.54. The molecule has 1 N–H and O–H groups in total. The van der Waals surface area contributed by atoms with Crippen molar-refractivity contribution in [2.75, 3.05) is 11.5 Å². The summed E-state index contributed by atoms with van der Waals surface area (Å²) in [6.45, 7) is 4.06. The van der Waals surface area contributed by atoms with Crippen LogP contribution in [0.15, 0.2) is 0 Å². The van der Waals surface area contributed by atoms with Crippen molar-refractivity contribution in [3.8, 4) is 0 Å². The van der Waals surface area contributed by atoms with Gasteiger partial charge in [0.2, 0.25) is 5.91 Å². The lowest BCUT2D eigenvalue weighted by Crippen LogP contribution is -2.45. The highest BCUT2D eigenvalue weighted by molar-refractivity contribution is 7.91. The van der Waals surface area contributed by atoms with Crippen molar-refractivity contribution >= 4 is 15.7 Å². The van der Waals surface area contributed by atoms with Crippen LogP contribution >= 0.6 is 0 Å². The molecule has 0 aliphatic carbocycles. The Morgan fingerprint density at radius 1 is 1.39 bits per heavy atom. The van der Waals surface area contributed by atoms with Crippen LogP contribution in [-0.4, -0.2) is 49.0 Å². The molecular formula is C12H22N2O3S. The van der Waals surface area contributed by atoms with Crippen LogP contribution in [0.3, 0.4) is 0 Å². The maximum atomic E-state index is 12.3. The average Bonchev–Trinajstić information content (AvgIpc) is 2.80. The van der Waals surface area contributed by atoms with Crippen LogP contribution in [0.1, 0.15) is 39.5 Å². The predicted octanol–water partition coefficient (Wildman–Crippen LogP) is 0.510. The number of sulfone groups is 1. The van der Waals surface area contributed by atoms with E-state index >= 15 is 0 Å². The number of hydrogen-bond acceptors (Lipinski definition) is 4. The molecule has 104 valence electrons. The maximum absolute atomic E-state index is 12.3. The monoisotopic (exact) mass is 274 g/mol. The van der Waals surface area contributed by atoms with Gasteiger partial charge in [0.25, 0.3) is 0 Å². The molecule has 2 aliphatic heterocycles. The lowest BCUT2D eigenvalue weighted by molar-refractivity contribution is -0.131. The number of nitrogens with one attached hydrogen (secondary N) is 1. The fraction of sp³-hybridized carbons (Fsp3) is 0.917. The van der Waals surface area contributed by atoms with Crippen molar-refractivity contribution in [2.45, 2.75) is 57.8 Å². The van der Waals surface area contributed by atoms with Gasteiger partial charge in [0, 0.05) is 6.04 Å². The van der Waals surface area contributed by atoms with Crippen LogP contribution in [0, 0.1) is 0 Å². The van der Waals surface area contributed by atoms with Gasteiger partial charge in [-0.2, -0.15) is 0 Å². The molecule has 2 saturated heterocycles. The fourth-order valence-corrected chi connectivity index (χ4v) is 4.65. The van der Waals surface area contributed by atoms with Gasteiger partial charge in [0.1, 0.15) is 0 Å². The molecule has 0 aromatic carbocycles. The van der Waals surface area contributed by atoms with E-state index in [-0.39, 0.29) is 35.7 Å². The summed E-state index contributed by atoms with van der Waals surface area (Å²) in [7, 11) is -2.94. The number of carbonyl (C=O) groups is 1. The minimum absolute atomic E-state index is 0.0192. The van der Waals surface area contributed by atoms with E-state index in [0.29, 0.717) is 6.42 Å². The zero-order valence-corrected chi connectivity index (χ0v) is 11.9. The first kappa shape index (κ1) is 13.8. The van der Waals surface area contributed by atoms with Gasteiger partial charge in [-0.25, -0.2) is 8.42 Å². The normalized spacial score (nSPS) is 35.3. The molecule has 2 heterocycles. The summed E-state index contributed by atoms with van der Waals surface area (Å²) in [5.74, 6) is 0.437. The summed E-state index contributed by atoms with van der Waals surface area (Å²) in [6, 6.07) is -0.257. The van der Waals surface area contributed by atoms with Gasteiger partial charge in [-0.3, -0.25) is 10.1 Å². The molecule has 5 nitrogen and oxygen atoms in total. The molecule has 0 spiro atoms. The van der Waals surface area contributed by atoms with Gasteiger partial charge in [-0.1, -0.05) is 20.3 Å². The molecule has 3 atom stereocenters. The molecule has 6 heteroatoms. The fourth-order valence-electron chi connectivity index (χ4n) is 2.93. The predicted molar refractivity (Wildman–Crippen MR) is 69.8 cm³/mol. The van der Waals surface area contributed by atoms with Gasteiger partial charge in [-0.05, 0) is 19.3 Å². The number of amides is 1. The third-order valence-corrected chi connectivity index (χ3v) is 5.60. The lowest BCUT2D eigenvalue weighted by Gasteiger charge is -2.29. The summed E-state index contributed by atoms with van der Waals surface area (Å²) in [5.41, 5.74) is 0. The van der Waals surface area contributed by atoms with Crippen LogP contribution in [0.25, 0.3) is 0 Å². The first-order valence-electron chi connectivity index (χ1n) is 6.77. The Labute approximate surface area is 109 Å². The molecule has 3 unspecified atom stereocenters. The minimum atomic E-state index is -2.94. The topological polar surface area (TPSA) is 66.5 Å². The summed E-state index contributed by atoms with van der Waals surface area (Å²) in [5, 5.41) is 3.33. The van der Waals surface area contributed by atoms with Gasteiger partial charge in [0.05, 0.1) is 23.7 Å². The second-order valence-corrected chi connectivity index (χ2v) is 7.46. The van der Waals surface area contributed by atoms with Crippen molar-refractivity contribution in [3.63, 3.8) is 0 Å². The van der Waals surface area contributed by atoms with Crippen molar-refractivity contribution in [3.05, 3.63) is 0 Å². The van der Waals surface area contributed by atoms with E-state index in [1.165, 1.54) is 0 Å². The first-order chi connectivity index (χ1) is 8.48. The van der Waals surface area contributed by atoms with Crippen LogP contribution in [0.4, 0.5) is 0 Å². The molecular weight excluding hydrogens is 252 g/mol. The highest BCUT2D eigenvalue weighted by atomic mass is 32.2. The zero-order chi connectivity index (χ0) is 13.3. The molecule has 18 heavy (non-hydrogen) atoms. The molecule has 2 rings (SSSR count). The smallest absolute Gasteiger partial charge is 0.241 e. The Bertz CT molecular complexity index is 421. The SMILES string of the molecule is CCCC1NC(CC)C(=O)N1C1CCS(=O)(=O)C1. The molecule has 0 bridgehead atoms. The van der Waals surface area contributed by atoms with Crippen molar-refractivity contribution in [1.82, 2.24) is 10.2 Å². The zero-order valence-electron chi connectivity index (χ0n) is 11.1. The second-order valence-electron chi connectivity index (χ2n) is 5.23. The minimum Gasteiger partial charge on any atom is -0.322 e. The highest BCUT2D eigenvalue weighted by Gasteiger charge is 2.44. The molecule has 2 aliphatic rings. The Hall–Kier alpha value is -0.620. The molecule has 0 saturated carbocycles. The second kappa shape index (κ2) is 5.17. The number of carbonyl (C=O) groups excluding carboxylic acids is 1. The van der Waals surface area contributed by atoms with E-state index in [4.69, 9.17) is 0 Å². The van der Waals surface area contributed by atoms with Crippen LogP contribution in [0.2, 0.25) is 0 Å². The Balaban J connectivity index is 2.15. The van der Waals surface area contributed by atoms with E-state index in [1.54, 1.807) is 0 Å². The van der Waals surface area contributed by atoms with Gasteiger partial charge in [0.15, 0.2) is 9.84 Å². The summed E-state index contributed by atoms with van der Waals surface area (Å²) in [6.07, 6.45) is 3.24. The molecule has 0 radical (unpaired) electrons. The number of nitrogens with zero attached hydrogens (tertiary/aromatic N) is 1. The number of rotatable bonds is 4. The van der Waals surface area contributed by atoms with Gasteiger partial charge in [-0.15, -0.1) is 0 Å². The number of hydrogen-bond donors (Lipinski definition) is 1. The molecule has 2 fully saturated rings.